The number of para-hydroxylation sites is 1. The lowest BCUT2D eigenvalue weighted by molar-refractivity contribution is -0.141. The summed E-state index contributed by atoms with van der Waals surface area (Å²) in [5.74, 6) is 1.01. The molecule has 0 spiro atoms. The van der Waals surface area contributed by atoms with E-state index < -0.39 is 16.1 Å². The molecule has 0 aliphatic carbocycles. The lowest BCUT2D eigenvalue weighted by Gasteiger charge is -2.37. The molecule has 2 heterocycles. The van der Waals surface area contributed by atoms with E-state index >= 15 is 0 Å². The van der Waals surface area contributed by atoms with Crippen molar-refractivity contribution in [2.24, 2.45) is 5.92 Å². The Morgan fingerprint density at radius 3 is 2.84 bits per heavy atom. The molecular formula is C18H26N2O4S. The summed E-state index contributed by atoms with van der Waals surface area (Å²) in [5, 5.41) is 0. The fourth-order valence-corrected chi connectivity index (χ4v) is 4.10. The largest absolute Gasteiger partial charge is 0.480 e. The molecule has 1 saturated heterocycles. The van der Waals surface area contributed by atoms with Crippen LogP contribution in [0.4, 0.5) is 0 Å². The molecule has 0 N–H and O–H groups in total. The second kappa shape index (κ2) is 7.33. The normalized spacial score (nSPS) is 23.9. The van der Waals surface area contributed by atoms with Crippen LogP contribution in [-0.4, -0.2) is 62.6 Å². The zero-order chi connectivity index (χ0) is 18.0. The number of fused-ring (bicyclic) bond motifs is 1. The van der Waals surface area contributed by atoms with Gasteiger partial charge in [0.2, 0.25) is 10.0 Å². The van der Waals surface area contributed by atoms with E-state index in [1.807, 2.05) is 29.2 Å². The Morgan fingerprint density at radius 1 is 1.32 bits per heavy atom. The van der Waals surface area contributed by atoms with Crippen molar-refractivity contribution in [1.82, 2.24) is 9.21 Å². The summed E-state index contributed by atoms with van der Waals surface area (Å²) in [6.07, 6.45) is 4.17. The lowest BCUT2D eigenvalue weighted by Crippen LogP contribution is -2.49. The first kappa shape index (κ1) is 18.2. The summed E-state index contributed by atoms with van der Waals surface area (Å²) in [4.78, 5) is 14.7. The molecule has 2 unspecified atom stereocenters. The number of likely N-dealkylation sites (tertiary alicyclic amines) is 1. The van der Waals surface area contributed by atoms with Crippen molar-refractivity contribution >= 4 is 15.9 Å². The van der Waals surface area contributed by atoms with Gasteiger partial charge in [-0.2, -0.15) is 0 Å². The monoisotopic (exact) mass is 366 g/mol. The van der Waals surface area contributed by atoms with Crippen molar-refractivity contribution in [3.05, 3.63) is 29.8 Å². The Hall–Kier alpha value is -1.60. The van der Waals surface area contributed by atoms with Crippen LogP contribution in [0.3, 0.4) is 0 Å². The molecule has 0 aromatic heterocycles. The van der Waals surface area contributed by atoms with Crippen LogP contribution in [-0.2, 0) is 21.2 Å². The summed E-state index contributed by atoms with van der Waals surface area (Å²) in [6.45, 7) is 1.77. The number of nitrogens with zero attached hydrogens (tertiary/aromatic N) is 2. The van der Waals surface area contributed by atoms with Gasteiger partial charge in [-0.05, 0) is 43.2 Å². The molecule has 2 aliphatic rings. The highest BCUT2D eigenvalue weighted by atomic mass is 32.2. The smallest absolute Gasteiger partial charge is 0.263 e. The topological polar surface area (TPSA) is 66.9 Å². The van der Waals surface area contributed by atoms with Crippen LogP contribution in [0.2, 0.25) is 0 Å². The van der Waals surface area contributed by atoms with Crippen molar-refractivity contribution in [3.8, 4) is 5.75 Å². The number of sulfonamides is 1. The molecule has 138 valence electrons. The van der Waals surface area contributed by atoms with E-state index in [0.29, 0.717) is 19.5 Å². The van der Waals surface area contributed by atoms with Gasteiger partial charge in [0.05, 0.1) is 6.26 Å². The second-order valence-electron chi connectivity index (χ2n) is 7.09. The third kappa shape index (κ3) is 4.33. The average molecular weight is 366 g/mol. The minimum atomic E-state index is -3.19. The first-order chi connectivity index (χ1) is 11.8. The number of rotatable bonds is 4. The van der Waals surface area contributed by atoms with Crippen LogP contribution in [0.5, 0.6) is 5.75 Å². The predicted molar refractivity (Wildman–Crippen MR) is 96.0 cm³/mol. The Bertz CT molecular complexity index is 734. The standard InChI is InChI=1S/C18H26N2O4S/c1-19(25(2,22)23)12-14-6-5-11-20(13-14)18(21)17-10-9-15-7-3-4-8-16(15)24-17/h3-4,7-8,14,17H,5-6,9-13H2,1-2H3. The third-order valence-corrected chi connectivity index (χ3v) is 6.39. The molecule has 1 aromatic carbocycles. The molecule has 2 atom stereocenters. The number of amides is 1. The van der Waals surface area contributed by atoms with Crippen LogP contribution < -0.4 is 4.74 Å². The van der Waals surface area contributed by atoms with Crippen molar-refractivity contribution < 1.29 is 17.9 Å². The van der Waals surface area contributed by atoms with Gasteiger partial charge < -0.3 is 9.64 Å². The number of piperidine rings is 1. The van der Waals surface area contributed by atoms with Gasteiger partial charge >= 0.3 is 0 Å². The summed E-state index contributed by atoms with van der Waals surface area (Å²) in [7, 11) is -1.59. The second-order valence-corrected chi connectivity index (χ2v) is 9.18. The summed E-state index contributed by atoms with van der Waals surface area (Å²) in [5.41, 5.74) is 1.15. The highest BCUT2D eigenvalue weighted by molar-refractivity contribution is 7.88. The molecule has 0 saturated carbocycles. The molecule has 1 fully saturated rings. The third-order valence-electron chi connectivity index (χ3n) is 5.11. The van der Waals surface area contributed by atoms with Crippen LogP contribution >= 0.6 is 0 Å². The van der Waals surface area contributed by atoms with E-state index in [-0.39, 0.29) is 11.8 Å². The zero-order valence-electron chi connectivity index (χ0n) is 14.8. The van der Waals surface area contributed by atoms with Gasteiger partial charge in [0.15, 0.2) is 6.10 Å². The number of carbonyl (C=O) groups is 1. The highest BCUT2D eigenvalue weighted by Gasteiger charge is 2.33. The Balaban J connectivity index is 1.61. The van der Waals surface area contributed by atoms with Crippen LogP contribution in [0.1, 0.15) is 24.8 Å². The predicted octanol–water partition coefficient (Wildman–Crippen LogP) is 1.51. The highest BCUT2D eigenvalue weighted by Crippen LogP contribution is 2.29. The molecule has 1 aromatic rings. The van der Waals surface area contributed by atoms with Gasteiger partial charge in [-0.3, -0.25) is 4.79 Å². The molecule has 0 bridgehead atoms. The Kier molecular flexibility index (Phi) is 5.34. The molecule has 0 radical (unpaired) electrons. The van der Waals surface area contributed by atoms with E-state index in [1.54, 1.807) is 7.05 Å². The minimum absolute atomic E-state index is 0.0289. The van der Waals surface area contributed by atoms with Gasteiger partial charge in [0.1, 0.15) is 5.75 Å². The van der Waals surface area contributed by atoms with Gasteiger partial charge in [-0.1, -0.05) is 18.2 Å². The summed E-state index contributed by atoms with van der Waals surface area (Å²) >= 11 is 0. The van der Waals surface area contributed by atoms with E-state index in [1.165, 1.54) is 10.6 Å². The molecule has 7 heteroatoms. The fraction of sp³-hybridized carbons (Fsp3) is 0.611. The average Bonchev–Trinajstić information content (AvgIpc) is 2.60. The Morgan fingerprint density at radius 2 is 2.08 bits per heavy atom. The van der Waals surface area contributed by atoms with E-state index in [2.05, 4.69) is 0 Å². The molecule has 2 aliphatic heterocycles. The number of hydrogen-bond donors (Lipinski definition) is 0. The van der Waals surface area contributed by atoms with E-state index in [0.717, 1.165) is 37.1 Å². The van der Waals surface area contributed by atoms with Crippen LogP contribution in [0.15, 0.2) is 24.3 Å². The van der Waals surface area contributed by atoms with Gasteiger partial charge in [-0.15, -0.1) is 0 Å². The van der Waals surface area contributed by atoms with Gasteiger partial charge in [-0.25, -0.2) is 12.7 Å². The number of aryl methyl sites for hydroxylation is 1. The molecule has 6 nitrogen and oxygen atoms in total. The van der Waals surface area contributed by atoms with Gasteiger partial charge in [0.25, 0.3) is 5.91 Å². The van der Waals surface area contributed by atoms with Crippen molar-refractivity contribution in [2.75, 3.05) is 32.9 Å². The lowest BCUT2D eigenvalue weighted by atomic mass is 9.96. The molecular weight excluding hydrogens is 340 g/mol. The maximum absolute atomic E-state index is 12.9. The zero-order valence-corrected chi connectivity index (χ0v) is 15.7. The quantitative estimate of drug-likeness (QED) is 0.810. The molecule has 3 rings (SSSR count). The SMILES string of the molecule is CN(CC1CCCN(C(=O)C2CCc3ccccc3O2)C1)S(C)(=O)=O. The Labute approximate surface area is 149 Å². The first-order valence-electron chi connectivity index (χ1n) is 8.79. The van der Waals surface area contributed by atoms with Crippen LogP contribution in [0.25, 0.3) is 0 Å². The van der Waals surface area contributed by atoms with Gasteiger partial charge in [0, 0.05) is 26.7 Å². The number of ether oxygens (including phenoxy) is 1. The fourth-order valence-electron chi connectivity index (χ4n) is 3.61. The molecule has 1 amide bonds. The van der Waals surface area contributed by atoms with Crippen molar-refractivity contribution in [1.29, 1.82) is 0 Å². The number of benzene rings is 1. The number of carbonyl (C=O) groups excluding carboxylic acids is 1. The van der Waals surface area contributed by atoms with Crippen LogP contribution in [0, 0.1) is 5.92 Å². The summed E-state index contributed by atoms with van der Waals surface area (Å²) < 4.78 is 30.5. The van der Waals surface area contributed by atoms with Crippen molar-refractivity contribution in [3.63, 3.8) is 0 Å². The maximum atomic E-state index is 12.9. The maximum Gasteiger partial charge on any atom is 0.263 e. The van der Waals surface area contributed by atoms with Crippen molar-refractivity contribution in [2.45, 2.75) is 31.8 Å². The summed E-state index contributed by atoms with van der Waals surface area (Å²) in [6, 6.07) is 7.85. The first-order valence-corrected chi connectivity index (χ1v) is 10.6. The minimum Gasteiger partial charge on any atom is -0.480 e. The van der Waals surface area contributed by atoms with E-state index in [9.17, 15) is 13.2 Å². The van der Waals surface area contributed by atoms with E-state index in [4.69, 9.17) is 4.74 Å². The number of hydrogen-bond acceptors (Lipinski definition) is 4. The molecule has 25 heavy (non-hydrogen) atoms.